The monoisotopic (exact) mass is 532 g/mol. The van der Waals surface area contributed by atoms with Crippen LogP contribution in [0.3, 0.4) is 0 Å². The number of anilines is 1. The molecule has 0 spiro atoms. The molecule has 206 valence electrons. The van der Waals surface area contributed by atoms with Crippen molar-refractivity contribution < 1.29 is 28.2 Å². The van der Waals surface area contributed by atoms with Gasteiger partial charge >= 0.3 is 5.97 Å². The highest BCUT2D eigenvalue weighted by atomic mass is 28.4. The third-order valence-electron chi connectivity index (χ3n) is 8.62. The van der Waals surface area contributed by atoms with Gasteiger partial charge in [-0.15, -0.1) is 0 Å². The van der Waals surface area contributed by atoms with Crippen molar-refractivity contribution in [3.63, 3.8) is 0 Å². The predicted molar refractivity (Wildman–Crippen MR) is 146 cm³/mol. The Labute approximate surface area is 222 Å². The number of amides is 1. The van der Waals surface area contributed by atoms with E-state index in [0.717, 1.165) is 31.4 Å². The van der Waals surface area contributed by atoms with E-state index in [4.69, 9.17) is 18.6 Å². The van der Waals surface area contributed by atoms with E-state index in [1.807, 2.05) is 17.9 Å². The van der Waals surface area contributed by atoms with Crippen molar-refractivity contribution >= 4 is 25.9 Å². The van der Waals surface area contributed by atoms with Crippen molar-refractivity contribution in [2.75, 3.05) is 38.7 Å². The number of carbonyl (C=O) groups is 2. The molecule has 3 aliphatic rings. The molecule has 1 aromatic carbocycles. The van der Waals surface area contributed by atoms with Crippen molar-refractivity contribution in [1.82, 2.24) is 4.90 Å². The van der Waals surface area contributed by atoms with Crippen LogP contribution in [0.4, 0.5) is 5.69 Å². The van der Waals surface area contributed by atoms with Crippen molar-refractivity contribution in [3.05, 3.63) is 17.7 Å². The van der Waals surface area contributed by atoms with E-state index < -0.39 is 8.32 Å². The fourth-order valence-electron chi connectivity index (χ4n) is 5.01. The zero-order chi connectivity index (χ0) is 27.0. The first kappa shape index (κ1) is 27.8. The minimum atomic E-state index is -1.92. The first-order valence-corrected chi connectivity index (χ1v) is 16.5. The Morgan fingerprint density at radius 1 is 1.22 bits per heavy atom. The van der Waals surface area contributed by atoms with Gasteiger partial charge in [0.25, 0.3) is 5.91 Å². The molecule has 4 rings (SSSR count). The van der Waals surface area contributed by atoms with E-state index in [-0.39, 0.29) is 34.5 Å². The van der Waals surface area contributed by atoms with Gasteiger partial charge in [-0.05, 0) is 56.8 Å². The van der Waals surface area contributed by atoms with Crippen molar-refractivity contribution in [2.24, 2.45) is 5.41 Å². The molecule has 1 N–H and O–H groups in total. The van der Waals surface area contributed by atoms with Gasteiger partial charge in [-0.25, -0.2) is 0 Å². The average Bonchev–Trinajstić information content (AvgIpc) is 3.52. The molecule has 9 heteroatoms. The summed E-state index contributed by atoms with van der Waals surface area (Å²) < 4.78 is 23.6. The second-order valence-electron chi connectivity index (χ2n) is 12.4. The van der Waals surface area contributed by atoms with Crippen LogP contribution < -0.4 is 14.8 Å². The maximum atomic E-state index is 13.6. The molecule has 2 aliphatic heterocycles. The van der Waals surface area contributed by atoms with Gasteiger partial charge in [-0.1, -0.05) is 20.8 Å². The number of nitrogens with zero attached hydrogens (tertiary/aromatic N) is 1. The number of esters is 1. The second kappa shape index (κ2) is 10.5. The van der Waals surface area contributed by atoms with Gasteiger partial charge < -0.3 is 28.9 Å². The van der Waals surface area contributed by atoms with E-state index in [1.54, 1.807) is 13.2 Å². The Bertz CT molecular complexity index is 1020. The molecule has 0 aromatic heterocycles. The molecule has 0 radical (unpaired) electrons. The summed E-state index contributed by atoms with van der Waals surface area (Å²) in [5.41, 5.74) is 1.38. The number of carbonyl (C=O) groups excluding carboxylic acids is 2. The first-order chi connectivity index (χ1) is 17.4. The van der Waals surface area contributed by atoms with Crippen LogP contribution in [0.2, 0.25) is 18.1 Å². The van der Waals surface area contributed by atoms with Gasteiger partial charge in [0.1, 0.15) is 0 Å². The fourth-order valence-corrected chi connectivity index (χ4v) is 6.36. The van der Waals surface area contributed by atoms with Gasteiger partial charge in [0.05, 0.1) is 43.7 Å². The maximum Gasteiger partial charge on any atom is 0.305 e. The lowest BCUT2D eigenvalue weighted by molar-refractivity contribution is -0.143. The Hall–Kier alpha value is -2.26. The number of benzene rings is 1. The van der Waals surface area contributed by atoms with Gasteiger partial charge in [-0.2, -0.15) is 0 Å². The summed E-state index contributed by atoms with van der Waals surface area (Å²) in [4.78, 5) is 27.4. The number of hydrogen-bond donors (Lipinski definition) is 1. The molecule has 8 nitrogen and oxygen atoms in total. The van der Waals surface area contributed by atoms with E-state index in [9.17, 15) is 9.59 Å². The highest BCUT2D eigenvalue weighted by Gasteiger charge is 2.46. The van der Waals surface area contributed by atoms with Crippen LogP contribution in [0.5, 0.6) is 11.5 Å². The molecule has 0 bridgehead atoms. The topological polar surface area (TPSA) is 86.3 Å². The highest BCUT2D eigenvalue weighted by molar-refractivity contribution is 6.74. The minimum Gasteiger partial charge on any atom is -0.493 e. The minimum absolute atomic E-state index is 0.00396. The Morgan fingerprint density at radius 3 is 2.57 bits per heavy atom. The molecular weight excluding hydrogens is 488 g/mol. The summed E-state index contributed by atoms with van der Waals surface area (Å²) in [6.07, 6.45) is 4.13. The molecule has 2 heterocycles. The summed E-state index contributed by atoms with van der Waals surface area (Å²) in [7, 11) is -0.324. The van der Waals surface area contributed by atoms with Crippen molar-refractivity contribution in [2.45, 2.75) is 90.1 Å². The average molecular weight is 533 g/mol. The summed E-state index contributed by atoms with van der Waals surface area (Å²) in [6.45, 7) is 15.3. The quantitative estimate of drug-likeness (QED) is 0.326. The number of ether oxygens (including phenoxy) is 3. The molecule has 2 atom stereocenters. The molecule has 37 heavy (non-hydrogen) atoms. The smallest absolute Gasteiger partial charge is 0.305 e. The molecule has 1 saturated heterocycles. The Balaban J connectivity index is 1.44. The summed E-state index contributed by atoms with van der Waals surface area (Å²) in [5.74, 6) is 1.01. The van der Waals surface area contributed by atoms with Gasteiger partial charge in [0, 0.05) is 31.0 Å². The lowest BCUT2D eigenvalue weighted by Gasteiger charge is -2.38. The third kappa shape index (κ3) is 6.08. The van der Waals surface area contributed by atoms with Crippen LogP contribution >= 0.6 is 0 Å². The molecule has 1 saturated carbocycles. The normalized spacial score (nSPS) is 22.5. The molecule has 0 unspecified atom stereocenters. The lowest BCUT2D eigenvalue weighted by Crippen LogP contribution is -2.44. The zero-order valence-electron chi connectivity index (χ0n) is 23.6. The third-order valence-corrected chi connectivity index (χ3v) is 13.2. The summed E-state index contributed by atoms with van der Waals surface area (Å²) in [5, 5.41) is 3.62. The van der Waals surface area contributed by atoms with Crippen LogP contribution in [0.25, 0.3) is 0 Å². The fraction of sp³-hybridized carbons (Fsp3) is 0.714. The Morgan fingerprint density at radius 2 is 1.95 bits per heavy atom. The maximum absolute atomic E-state index is 13.6. The van der Waals surface area contributed by atoms with E-state index >= 15 is 0 Å². The van der Waals surface area contributed by atoms with Gasteiger partial charge in [0.2, 0.25) is 0 Å². The van der Waals surface area contributed by atoms with E-state index in [1.165, 1.54) is 0 Å². The number of nitrogens with one attached hydrogen (secondary N) is 1. The molecular formula is C28H44N2O6Si. The Kier molecular flexibility index (Phi) is 7.86. The summed E-state index contributed by atoms with van der Waals surface area (Å²) in [6, 6.07) is 3.77. The van der Waals surface area contributed by atoms with Crippen LogP contribution in [-0.4, -0.2) is 70.7 Å². The predicted octanol–water partition coefficient (Wildman–Crippen LogP) is 5.23. The van der Waals surface area contributed by atoms with Crippen LogP contribution in [0.15, 0.2) is 12.1 Å². The molecule has 1 amide bonds. The number of methoxy groups -OCH3 is 1. The largest absolute Gasteiger partial charge is 0.493 e. The van der Waals surface area contributed by atoms with Gasteiger partial charge in [-0.3, -0.25) is 9.59 Å². The van der Waals surface area contributed by atoms with Crippen LogP contribution in [-0.2, 0) is 14.0 Å². The SMILES string of the molecule is CCOC(=O)CCC1(COc2cc3c(cc2OC)C(=O)N2C[C@H](O[Si](C)(C)C(C)(C)C)C[C@H]2CN3)CC1. The molecule has 1 aromatic rings. The first-order valence-electron chi connectivity index (χ1n) is 13.6. The zero-order valence-corrected chi connectivity index (χ0v) is 24.6. The van der Waals surface area contributed by atoms with E-state index in [0.29, 0.717) is 49.8 Å². The highest BCUT2D eigenvalue weighted by Crippen LogP contribution is 2.50. The lowest BCUT2D eigenvalue weighted by atomic mass is 10.0. The molecule has 1 aliphatic carbocycles. The number of fused-ring (bicyclic) bond motifs is 2. The van der Waals surface area contributed by atoms with Gasteiger partial charge in [0.15, 0.2) is 19.8 Å². The number of hydrogen-bond acceptors (Lipinski definition) is 7. The van der Waals surface area contributed by atoms with Crippen LogP contribution in [0, 0.1) is 5.41 Å². The molecule has 2 fully saturated rings. The van der Waals surface area contributed by atoms with Crippen LogP contribution in [0.1, 0.15) is 70.2 Å². The van der Waals surface area contributed by atoms with E-state index in [2.05, 4.69) is 39.2 Å². The standard InChI is InChI=1S/C28H44N2O6Si/c1-8-34-25(31)9-10-28(11-12-28)18-35-24-15-22-21(14-23(24)33-5)26(32)30-17-20(13-19(30)16-29-22)36-37(6,7)27(2,3)4/h14-15,19-20,29H,8-13,16-18H2,1-7H3/t19-,20+/m0/s1. The van der Waals surface area contributed by atoms with Crippen molar-refractivity contribution in [3.8, 4) is 11.5 Å². The second-order valence-corrected chi connectivity index (χ2v) is 17.1. The summed E-state index contributed by atoms with van der Waals surface area (Å²) >= 11 is 0. The number of rotatable bonds is 10. The van der Waals surface area contributed by atoms with Crippen molar-refractivity contribution in [1.29, 1.82) is 0 Å².